The fraction of sp³-hybridized carbons (Fsp3) is 0.429. The van der Waals surface area contributed by atoms with Crippen LogP contribution in [0.3, 0.4) is 0 Å². The van der Waals surface area contributed by atoms with E-state index in [9.17, 15) is 18.8 Å². The van der Waals surface area contributed by atoms with Gasteiger partial charge in [-0.2, -0.15) is 0 Å². The van der Waals surface area contributed by atoms with Crippen molar-refractivity contribution in [3.63, 3.8) is 0 Å². The minimum absolute atomic E-state index is 0.00782. The number of likely N-dealkylation sites (tertiary alicyclic amines) is 1. The Bertz CT molecular complexity index is 959. The van der Waals surface area contributed by atoms with Gasteiger partial charge in [-0.1, -0.05) is 23.9 Å². The Morgan fingerprint density at radius 3 is 2.68 bits per heavy atom. The molecule has 31 heavy (non-hydrogen) atoms. The Morgan fingerprint density at radius 2 is 2.00 bits per heavy atom. The number of hydrogen-bond acceptors (Lipinski definition) is 6. The predicted molar refractivity (Wildman–Crippen MR) is 114 cm³/mol. The summed E-state index contributed by atoms with van der Waals surface area (Å²) in [5.41, 5.74) is 0.945. The number of H-pyrrole nitrogens is 1. The predicted octanol–water partition coefficient (Wildman–Crippen LogP) is 2.48. The maximum absolute atomic E-state index is 13.0. The molecule has 1 saturated heterocycles. The lowest BCUT2D eigenvalue weighted by atomic mass is 10.1. The number of piperidine rings is 1. The highest BCUT2D eigenvalue weighted by atomic mass is 32.2. The van der Waals surface area contributed by atoms with Crippen molar-refractivity contribution in [1.29, 1.82) is 0 Å². The molecule has 0 bridgehead atoms. The summed E-state index contributed by atoms with van der Waals surface area (Å²) in [6, 6.07) is 7.38. The van der Waals surface area contributed by atoms with E-state index in [4.69, 9.17) is 4.74 Å². The molecular weight excluding hydrogens is 423 g/mol. The lowest BCUT2D eigenvalue weighted by Crippen LogP contribution is -2.47. The monoisotopic (exact) mass is 448 g/mol. The van der Waals surface area contributed by atoms with Crippen molar-refractivity contribution in [2.45, 2.75) is 43.1 Å². The maximum atomic E-state index is 13.0. The van der Waals surface area contributed by atoms with Gasteiger partial charge in [-0.15, -0.1) is 0 Å². The van der Waals surface area contributed by atoms with Crippen LogP contribution in [0, 0.1) is 5.82 Å². The largest absolute Gasteiger partial charge is 0.450 e. The maximum Gasteiger partial charge on any atom is 0.409 e. The number of halogens is 1. The summed E-state index contributed by atoms with van der Waals surface area (Å²) in [5, 5.41) is 3.35. The number of hydrogen-bond donors (Lipinski definition) is 2. The molecule has 0 aliphatic carbocycles. The number of carbonyl (C=O) groups is 2. The molecule has 3 rings (SSSR count). The van der Waals surface area contributed by atoms with Gasteiger partial charge in [0.2, 0.25) is 5.91 Å². The van der Waals surface area contributed by atoms with Crippen LogP contribution in [-0.4, -0.2) is 52.6 Å². The number of nitrogens with one attached hydrogen (secondary N) is 2. The SMILES string of the molecule is CCOC(=O)N1CCC(NC(=O)Cc2cc(=O)[nH]c(SCc3ccc(F)cc3)n2)CC1. The molecule has 1 fully saturated rings. The lowest BCUT2D eigenvalue weighted by molar-refractivity contribution is -0.121. The van der Waals surface area contributed by atoms with Gasteiger partial charge in [0.25, 0.3) is 5.56 Å². The van der Waals surface area contributed by atoms with E-state index in [-0.39, 0.29) is 35.8 Å². The van der Waals surface area contributed by atoms with Crippen LogP contribution in [-0.2, 0) is 21.7 Å². The highest BCUT2D eigenvalue weighted by Gasteiger charge is 2.24. The lowest BCUT2D eigenvalue weighted by Gasteiger charge is -2.31. The first-order valence-corrected chi connectivity index (χ1v) is 11.1. The fourth-order valence-corrected chi connectivity index (χ4v) is 4.09. The second kappa shape index (κ2) is 10.9. The van der Waals surface area contributed by atoms with Crippen molar-refractivity contribution >= 4 is 23.8 Å². The normalized spacial score (nSPS) is 14.3. The summed E-state index contributed by atoms with van der Waals surface area (Å²) in [5.74, 6) is -0.0141. The third-order valence-corrected chi connectivity index (χ3v) is 5.73. The molecule has 166 valence electrons. The second-order valence-electron chi connectivity index (χ2n) is 7.16. The van der Waals surface area contributed by atoms with Gasteiger partial charge >= 0.3 is 6.09 Å². The molecule has 1 aliphatic heterocycles. The van der Waals surface area contributed by atoms with E-state index in [0.29, 0.717) is 49.1 Å². The molecule has 2 N–H and O–H groups in total. The zero-order chi connectivity index (χ0) is 22.2. The van der Waals surface area contributed by atoms with Crippen molar-refractivity contribution in [1.82, 2.24) is 20.2 Å². The van der Waals surface area contributed by atoms with Crippen LogP contribution in [0.2, 0.25) is 0 Å². The molecule has 10 heteroatoms. The summed E-state index contributed by atoms with van der Waals surface area (Å²) in [4.78, 5) is 44.8. The highest BCUT2D eigenvalue weighted by Crippen LogP contribution is 2.19. The minimum Gasteiger partial charge on any atom is -0.450 e. The minimum atomic E-state index is -0.331. The Labute approximate surface area is 183 Å². The number of carbonyl (C=O) groups excluding carboxylic acids is 2. The summed E-state index contributed by atoms with van der Waals surface area (Å²) in [6.45, 7) is 3.15. The van der Waals surface area contributed by atoms with Crippen LogP contribution in [0.25, 0.3) is 0 Å². The molecule has 1 aromatic carbocycles. The van der Waals surface area contributed by atoms with Gasteiger partial charge in [0.05, 0.1) is 18.7 Å². The van der Waals surface area contributed by atoms with Crippen LogP contribution < -0.4 is 10.9 Å². The molecule has 0 unspecified atom stereocenters. The van der Waals surface area contributed by atoms with Gasteiger partial charge in [-0.25, -0.2) is 14.2 Å². The Morgan fingerprint density at radius 1 is 1.29 bits per heavy atom. The summed E-state index contributed by atoms with van der Waals surface area (Å²) >= 11 is 1.31. The summed E-state index contributed by atoms with van der Waals surface area (Å²) in [7, 11) is 0. The second-order valence-corrected chi connectivity index (χ2v) is 8.13. The van der Waals surface area contributed by atoms with E-state index >= 15 is 0 Å². The molecule has 0 spiro atoms. The smallest absolute Gasteiger partial charge is 0.409 e. The van der Waals surface area contributed by atoms with Gasteiger partial charge in [-0.05, 0) is 37.5 Å². The van der Waals surface area contributed by atoms with Crippen molar-refractivity contribution in [2.75, 3.05) is 19.7 Å². The molecule has 0 atom stereocenters. The third kappa shape index (κ3) is 7.09. The number of aromatic nitrogens is 2. The molecule has 2 heterocycles. The van der Waals surface area contributed by atoms with Crippen molar-refractivity contribution < 1.29 is 18.7 Å². The van der Waals surface area contributed by atoms with Gasteiger partial charge in [0.1, 0.15) is 5.82 Å². The van der Waals surface area contributed by atoms with E-state index in [1.165, 1.54) is 30.0 Å². The number of aromatic amines is 1. The number of ether oxygens (including phenoxy) is 1. The van der Waals surface area contributed by atoms with Crippen molar-refractivity contribution in [2.24, 2.45) is 0 Å². The molecule has 0 radical (unpaired) electrons. The van der Waals surface area contributed by atoms with Crippen LogP contribution in [0.15, 0.2) is 40.3 Å². The molecule has 1 aliphatic rings. The molecule has 2 amide bonds. The number of amides is 2. The first-order chi connectivity index (χ1) is 14.9. The molecule has 0 saturated carbocycles. The number of thioether (sulfide) groups is 1. The zero-order valence-corrected chi connectivity index (χ0v) is 18.0. The van der Waals surface area contributed by atoms with Crippen molar-refractivity contribution in [3.8, 4) is 0 Å². The van der Waals surface area contributed by atoms with Crippen LogP contribution >= 0.6 is 11.8 Å². The zero-order valence-electron chi connectivity index (χ0n) is 17.2. The Balaban J connectivity index is 1.50. The van der Waals surface area contributed by atoms with Gasteiger partial charge in [0.15, 0.2) is 5.16 Å². The molecule has 2 aromatic rings. The van der Waals surface area contributed by atoms with Crippen LogP contribution in [0.1, 0.15) is 31.0 Å². The average Bonchev–Trinajstić information content (AvgIpc) is 2.73. The summed E-state index contributed by atoms with van der Waals surface area (Å²) < 4.78 is 18.0. The summed E-state index contributed by atoms with van der Waals surface area (Å²) in [6.07, 6.45) is 0.954. The quantitative estimate of drug-likeness (QED) is 0.498. The van der Waals surface area contributed by atoms with Gasteiger partial charge in [0, 0.05) is 31.0 Å². The first-order valence-electron chi connectivity index (χ1n) is 10.1. The van der Waals surface area contributed by atoms with E-state index in [1.807, 2.05) is 0 Å². The van der Waals surface area contributed by atoms with Crippen LogP contribution in [0.5, 0.6) is 0 Å². The third-order valence-electron chi connectivity index (χ3n) is 4.79. The Hall–Kier alpha value is -2.88. The van der Waals surface area contributed by atoms with Crippen LogP contribution in [0.4, 0.5) is 9.18 Å². The van der Waals surface area contributed by atoms with Gasteiger partial charge < -0.3 is 19.9 Å². The number of benzene rings is 1. The first kappa shape index (κ1) is 22.8. The van der Waals surface area contributed by atoms with Gasteiger partial charge in [-0.3, -0.25) is 9.59 Å². The molecule has 1 aromatic heterocycles. The topological polar surface area (TPSA) is 104 Å². The number of nitrogens with zero attached hydrogens (tertiary/aromatic N) is 2. The van der Waals surface area contributed by atoms with Crippen molar-refractivity contribution in [3.05, 3.63) is 57.8 Å². The number of rotatable bonds is 7. The molecule has 8 nitrogen and oxygen atoms in total. The van der Waals surface area contributed by atoms with E-state index in [2.05, 4.69) is 15.3 Å². The Kier molecular flexibility index (Phi) is 8.05. The highest BCUT2D eigenvalue weighted by molar-refractivity contribution is 7.98. The fourth-order valence-electron chi connectivity index (χ4n) is 3.24. The van der Waals surface area contributed by atoms with E-state index in [0.717, 1.165) is 5.56 Å². The van der Waals surface area contributed by atoms with E-state index in [1.54, 1.807) is 24.0 Å². The molecular formula is C21H25FN4O4S. The van der Waals surface area contributed by atoms with E-state index < -0.39 is 0 Å². The average molecular weight is 449 g/mol. The standard InChI is InChI=1S/C21H25FN4O4S/c1-2-30-21(29)26-9-7-16(8-10-26)23-18(27)11-17-12-19(28)25-20(24-17)31-13-14-3-5-15(22)6-4-14/h3-6,12,16H,2,7-11,13H2,1H3,(H,23,27)(H,24,25,28).